The number of carbonyl (C=O) groups excluding carboxylic acids is 1. The summed E-state index contributed by atoms with van der Waals surface area (Å²) in [7, 11) is -1.20. The summed E-state index contributed by atoms with van der Waals surface area (Å²) in [5.41, 5.74) is 2.35. The smallest absolute Gasteiger partial charge is 0.313 e. The lowest BCUT2D eigenvalue weighted by molar-refractivity contribution is -0.947. The average molecular weight is 466 g/mol. The lowest BCUT2D eigenvalue weighted by Gasteiger charge is -2.46. The predicted molar refractivity (Wildman–Crippen MR) is 121 cm³/mol. The Morgan fingerprint density at radius 1 is 1.12 bits per heavy atom. The first-order valence-electron chi connectivity index (χ1n) is 11.5. The van der Waals surface area contributed by atoms with Gasteiger partial charge in [0.15, 0.2) is 0 Å². The topological polar surface area (TPSA) is 92.7 Å². The van der Waals surface area contributed by atoms with Crippen molar-refractivity contribution in [2.24, 2.45) is 5.92 Å². The van der Waals surface area contributed by atoms with Gasteiger partial charge in [-0.15, -0.1) is 0 Å². The first kappa shape index (κ1) is 24.9. The van der Waals surface area contributed by atoms with Gasteiger partial charge in [-0.25, -0.2) is 8.42 Å². The van der Waals surface area contributed by atoms with Crippen LogP contribution in [0.5, 0.6) is 0 Å². The molecule has 0 saturated carbocycles. The molecule has 2 heterocycles. The number of carbonyl (C=O) groups is 1. The summed E-state index contributed by atoms with van der Waals surface area (Å²) in [6.07, 6.45) is 10.1. The summed E-state index contributed by atoms with van der Waals surface area (Å²) in [5, 5.41) is 0. The molecule has 0 spiro atoms. The second-order valence-corrected chi connectivity index (χ2v) is 10.3. The monoisotopic (exact) mass is 465 g/mol. The van der Waals surface area contributed by atoms with E-state index in [1.807, 2.05) is 6.07 Å². The van der Waals surface area contributed by atoms with Crippen LogP contribution in [0.3, 0.4) is 0 Å². The van der Waals surface area contributed by atoms with Crippen molar-refractivity contribution in [3.63, 3.8) is 0 Å². The SMILES string of the molecule is CC[N+]1(C)C2CCC1CC(OC(=O)C1CCCC=C1c1ccccc1)C2.COS(=O)(=O)[O-]. The number of hydrogen-bond donors (Lipinski definition) is 0. The molecule has 0 aromatic heterocycles. The fourth-order valence-electron chi connectivity index (χ4n) is 5.62. The third kappa shape index (κ3) is 5.78. The molecule has 1 aliphatic carbocycles. The number of benzene rings is 1. The van der Waals surface area contributed by atoms with Gasteiger partial charge < -0.3 is 13.8 Å². The second kappa shape index (κ2) is 10.5. The van der Waals surface area contributed by atoms with E-state index >= 15 is 0 Å². The molecule has 1 aromatic rings. The summed E-state index contributed by atoms with van der Waals surface area (Å²) < 4.78 is 38.3. The third-order valence-electron chi connectivity index (χ3n) is 7.57. The maximum atomic E-state index is 13.0. The first-order valence-corrected chi connectivity index (χ1v) is 12.8. The average Bonchev–Trinajstić information content (AvgIpc) is 2.95. The highest BCUT2D eigenvalue weighted by Crippen LogP contribution is 2.42. The predicted octanol–water partition coefficient (Wildman–Crippen LogP) is 3.67. The van der Waals surface area contributed by atoms with Crippen molar-refractivity contribution in [3.8, 4) is 0 Å². The minimum atomic E-state index is -4.41. The van der Waals surface area contributed by atoms with Gasteiger partial charge in [0.1, 0.15) is 6.10 Å². The summed E-state index contributed by atoms with van der Waals surface area (Å²) in [6, 6.07) is 11.7. The minimum Gasteiger partial charge on any atom is -0.726 e. The van der Waals surface area contributed by atoms with E-state index in [1.165, 1.54) is 35.0 Å². The molecule has 2 saturated heterocycles. The van der Waals surface area contributed by atoms with Crippen LogP contribution in [0.1, 0.15) is 57.4 Å². The van der Waals surface area contributed by atoms with Crippen LogP contribution in [0.15, 0.2) is 36.4 Å². The molecule has 32 heavy (non-hydrogen) atoms. The third-order valence-corrected chi connectivity index (χ3v) is 7.98. The van der Waals surface area contributed by atoms with Crippen LogP contribution in [0, 0.1) is 5.92 Å². The summed E-state index contributed by atoms with van der Waals surface area (Å²) >= 11 is 0. The molecule has 0 amide bonds. The summed E-state index contributed by atoms with van der Waals surface area (Å²) in [6.45, 7) is 3.50. The molecule has 7 nitrogen and oxygen atoms in total. The highest BCUT2D eigenvalue weighted by Gasteiger charge is 2.51. The molecule has 178 valence electrons. The summed E-state index contributed by atoms with van der Waals surface area (Å²) in [4.78, 5) is 13.0. The number of esters is 1. The Hall–Kier alpha value is -1.74. The van der Waals surface area contributed by atoms with Gasteiger partial charge in [-0.3, -0.25) is 8.98 Å². The van der Waals surface area contributed by atoms with E-state index < -0.39 is 10.4 Å². The van der Waals surface area contributed by atoms with E-state index in [-0.39, 0.29) is 18.0 Å². The fourth-order valence-corrected chi connectivity index (χ4v) is 5.62. The van der Waals surface area contributed by atoms with Crippen LogP contribution in [-0.4, -0.2) is 62.3 Å². The molecule has 2 bridgehead atoms. The molecule has 4 rings (SSSR count). The molecular weight excluding hydrogens is 430 g/mol. The van der Waals surface area contributed by atoms with Gasteiger partial charge in [-0.1, -0.05) is 36.4 Å². The summed E-state index contributed by atoms with van der Waals surface area (Å²) in [5.74, 6) is -0.0745. The number of ether oxygens (including phenoxy) is 1. The van der Waals surface area contributed by atoms with Crippen molar-refractivity contribution in [2.45, 2.75) is 70.1 Å². The number of rotatable bonds is 5. The largest absolute Gasteiger partial charge is 0.726 e. The molecule has 0 radical (unpaired) electrons. The van der Waals surface area contributed by atoms with Crippen LogP contribution in [-0.2, 0) is 24.1 Å². The standard InChI is InChI=1S/C23H32NO2.CH4O4S/c1-3-24(2)18-13-14-19(24)16-20(15-18)26-23(25)22-12-8-7-11-21(22)17-9-5-4-6-10-17;1-5-6(2,3)4/h4-6,9-11,18-20,22H,3,7-8,12-16H2,1-2H3;1H3,(H,2,3,4)/q+1;/p-1. The van der Waals surface area contributed by atoms with E-state index in [9.17, 15) is 17.8 Å². The number of quaternary nitrogens is 1. The van der Waals surface area contributed by atoms with Crippen LogP contribution < -0.4 is 0 Å². The zero-order chi connectivity index (χ0) is 23.4. The van der Waals surface area contributed by atoms with Gasteiger partial charge in [0.05, 0.1) is 38.7 Å². The van der Waals surface area contributed by atoms with E-state index in [0.29, 0.717) is 12.1 Å². The van der Waals surface area contributed by atoms with Gasteiger partial charge in [0.25, 0.3) is 0 Å². The number of hydrogen-bond acceptors (Lipinski definition) is 6. The maximum absolute atomic E-state index is 13.0. The minimum absolute atomic E-state index is 0.0109. The molecular formula is C24H35NO6S. The van der Waals surface area contributed by atoms with Gasteiger partial charge in [-0.2, -0.15) is 0 Å². The molecule has 2 fully saturated rings. The number of piperidine rings is 1. The molecule has 2 aliphatic heterocycles. The number of allylic oxidation sites excluding steroid dienone is 1. The Kier molecular flexibility index (Phi) is 8.14. The Balaban J connectivity index is 0.000000427. The highest BCUT2D eigenvalue weighted by molar-refractivity contribution is 7.80. The van der Waals surface area contributed by atoms with E-state index in [2.05, 4.69) is 48.5 Å². The Morgan fingerprint density at radius 2 is 1.72 bits per heavy atom. The van der Waals surface area contributed by atoms with Crippen LogP contribution in [0.4, 0.5) is 0 Å². The highest BCUT2D eigenvalue weighted by atomic mass is 32.3. The number of nitrogens with zero attached hydrogens (tertiary/aromatic N) is 1. The Labute approximate surface area is 191 Å². The van der Waals surface area contributed by atoms with E-state index in [1.54, 1.807) is 0 Å². The molecule has 3 unspecified atom stereocenters. The van der Waals surface area contributed by atoms with Crippen molar-refractivity contribution in [1.29, 1.82) is 0 Å². The maximum Gasteiger partial charge on any atom is 0.313 e. The molecule has 3 atom stereocenters. The second-order valence-electron chi connectivity index (χ2n) is 9.16. The van der Waals surface area contributed by atoms with E-state index in [4.69, 9.17) is 4.74 Å². The van der Waals surface area contributed by atoms with Crippen molar-refractivity contribution in [2.75, 3.05) is 20.7 Å². The van der Waals surface area contributed by atoms with Crippen molar-refractivity contribution >= 4 is 21.9 Å². The lowest BCUT2D eigenvalue weighted by atomic mass is 9.83. The molecule has 0 N–H and O–H groups in total. The Morgan fingerprint density at radius 3 is 2.25 bits per heavy atom. The zero-order valence-electron chi connectivity index (χ0n) is 19.2. The van der Waals surface area contributed by atoms with Crippen LogP contribution in [0.25, 0.3) is 5.57 Å². The van der Waals surface area contributed by atoms with E-state index in [0.717, 1.165) is 39.2 Å². The van der Waals surface area contributed by atoms with Gasteiger partial charge in [0.2, 0.25) is 10.4 Å². The van der Waals surface area contributed by atoms with Crippen molar-refractivity contribution < 1.29 is 31.2 Å². The molecule has 3 aliphatic rings. The quantitative estimate of drug-likeness (QED) is 0.285. The number of fused-ring (bicyclic) bond motifs is 2. The fraction of sp³-hybridized carbons (Fsp3) is 0.625. The molecule has 1 aromatic carbocycles. The zero-order valence-corrected chi connectivity index (χ0v) is 20.1. The lowest BCUT2D eigenvalue weighted by Crippen LogP contribution is -2.58. The van der Waals surface area contributed by atoms with Gasteiger partial charge in [-0.05, 0) is 37.3 Å². The normalized spacial score (nSPS) is 31.8. The van der Waals surface area contributed by atoms with Crippen LogP contribution in [0.2, 0.25) is 0 Å². The molecule has 8 heteroatoms. The van der Waals surface area contributed by atoms with Crippen LogP contribution >= 0.6 is 0 Å². The van der Waals surface area contributed by atoms with Gasteiger partial charge in [0, 0.05) is 25.7 Å². The van der Waals surface area contributed by atoms with Gasteiger partial charge >= 0.3 is 5.97 Å². The van der Waals surface area contributed by atoms with Crippen molar-refractivity contribution in [1.82, 2.24) is 0 Å². The Bertz CT molecular complexity index is 900. The van der Waals surface area contributed by atoms with Crippen molar-refractivity contribution in [3.05, 3.63) is 42.0 Å². The first-order chi connectivity index (χ1) is 15.2.